The maximum atomic E-state index is 10.8. The lowest BCUT2D eigenvalue weighted by molar-refractivity contribution is 0.451. The molecule has 0 saturated heterocycles. The van der Waals surface area contributed by atoms with Crippen LogP contribution in [-0.4, -0.2) is 36.9 Å². The van der Waals surface area contributed by atoms with E-state index in [-0.39, 0.29) is 12.8 Å². The first kappa shape index (κ1) is 14.8. The van der Waals surface area contributed by atoms with E-state index in [0.717, 1.165) is 6.42 Å². The van der Waals surface area contributed by atoms with Crippen molar-refractivity contribution in [3.05, 3.63) is 0 Å². The fraction of sp³-hybridized carbons (Fsp3) is 1.00. The molecule has 92 valence electrons. The summed E-state index contributed by atoms with van der Waals surface area (Å²) in [6.07, 6.45) is 1.25. The van der Waals surface area contributed by atoms with Gasteiger partial charge >= 0.3 is 0 Å². The highest BCUT2D eigenvalue weighted by molar-refractivity contribution is 7.87. The third kappa shape index (κ3) is 7.71. The van der Waals surface area contributed by atoms with E-state index in [0.29, 0.717) is 6.42 Å². The van der Waals surface area contributed by atoms with Gasteiger partial charge in [-0.1, -0.05) is 19.8 Å². The van der Waals surface area contributed by atoms with Crippen LogP contribution in [0, 0.1) is 0 Å². The zero-order valence-electron chi connectivity index (χ0n) is 8.46. The van der Waals surface area contributed by atoms with Gasteiger partial charge in [0.2, 0.25) is 0 Å². The van der Waals surface area contributed by atoms with Crippen molar-refractivity contribution in [3.8, 4) is 0 Å². The molecule has 0 rings (SSSR count). The van der Waals surface area contributed by atoms with Crippen LogP contribution in [0.15, 0.2) is 0 Å². The molecule has 6 nitrogen and oxygen atoms in total. The molecule has 0 aliphatic rings. The maximum Gasteiger partial charge on any atom is 0.267 e. The van der Waals surface area contributed by atoms with Crippen LogP contribution in [0.4, 0.5) is 0 Å². The van der Waals surface area contributed by atoms with Crippen LogP contribution in [0.5, 0.6) is 0 Å². The lowest BCUT2D eigenvalue weighted by atomic mass is 10.2. The van der Waals surface area contributed by atoms with Gasteiger partial charge < -0.3 is 0 Å². The predicted octanol–water partition coefficient (Wildman–Crippen LogP) is 0.711. The van der Waals surface area contributed by atoms with Crippen LogP contribution in [0.1, 0.15) is 32.6 Å². The quantitative estimate of drug-likeness (QED) is 0.652. The first-order valence-corrected chi connectivity index (χ1v) is 7.69. The summed E-state index contributed by atoms with van der Waals surface area (Å²) in [6, 6.07) is 0. The fourth-order valence-corrected chi connectivity index (χ4v) is 2.77. The minimum Gasteiger partial charge on any atom is -0.286 e. The summed E-state index contributed by atoms with van der Waals surface area (Å²) in [5.74, 6) is -0.652. The van der Waals surface area contributed by atoms with Gasteiger partial charge in [0, 0.05) is 0 Å². The average molecular weight is 260 g/mol. The molecule has 0 spiro atoms. The fourth-order valence-electron chi connectivity index (χ4n) is 1.15. The molecular formula is C7H16O6S2. The van der Waals surface area contributed by atoms with Gasteiger partial charge in [-0.3, -0.25) is 9.11 Å². The Kier molecular flexibility index (Phi) is 5.71. The predicted molar refractivity (Wildman–Crippen MR) is 55.9 cm³/mol. The van der Waals surface area contributed by atoms with Crippen LogP contribution in [-0.2, 0) is 20.2 Å². The van der Waals surface area contributed by atoms with Crippen LogP contribution in [0.3, 0.4) is 0 Å². The lowest BCUT2D eigenvalue weighted by Crippen LogP contribution is -2.23. The van der Waals surface area contributed by atoms with E-state index in [2.05, 4.69) is 0 Å². The second-order valence-corrected chi connectivity index (χ2v) is 6.62. The summed E-state index contributed by atoms with van der Waals surface area (Å²) in [5.41, 5.74) is 0. The summed E-state index contributed by atoms with van der Waals surface area (Å²) >= 11 is 0. The van der Waals surface area contributed by atoms with Crippen LogP contribution >= 0.6 is 0 Å². The Labute approximate surface area is 90.2 Å². The minimum absolute atomic E-state index is 0.199. The number of unbranched alkanes of at least 4 members (excludes halogenated alkanes) is 1. The summed E-state index contributed by atoms with van der Waals surface area (Å²) in [6.45, 7) is 1.85. The standard InChI is InChI=1S/C7H16O6S2/c1-2-3-4-7(15(11,12)13)5-6-14(8,9)10/h7H,2-6H2,1H3,(H,8,9,10)(H,11,12,13). The Hall–Kier alpha value is -0.180. The smallest absolute Gasteiger partial charge is 0.267 e. The first-order valence-electron chi connectivity index (χ1n) is 4.58. The van der Waals surface area contributed by atoms with Gasteiger partial charge in [0.25, 0.3) is 20.2 Å². The number of hydrogen-bond donors (Lipinski definition) is 2. The minimum atomic E-state index is -4.24. The van der Waals surface area contributed by atoms with Crippen LogP contribution in [0.2, 0.25) is 0 Å². The largest absolute Gasteiger partial charge is 0.286 e. The van der Waals surface area contributed by atoms with Gasteiger partial charge in [0.1, 0.15) is 0 Å². The summed E-state index contributed by atoms with van der Waals surface area (Å²) in [5, 5.41) is -1.11. The van der Waals surface area contributed by atoms with E-state index in [1.165, 1.54) is 0 Å². The van der Waals surface area contributed by atoms with Crippen molar-refractivity contribution in [2.24, 2.45) is 0 Å². The molecule has 0 radical (unpaired) electrons. The molecule has 0 aliphatic carbocycles. The number of hydrogen-bond acceptors (Lipinski definition) is 4. The van der Waals surface area contributed by atoms with Crippen LogP contribution in [0.25, 0.3) is 0 Å². The summed E-state index contributed by atoms with van der Waals surface area (Å²) in [4.78, 5) is 0. The van der Waals surface area contributed by atoms with E-state index in [1.54, 1.807) is 0 Å². The molecule has 0 amide bonds. The third-order valence-corrected chi connectivity index (χ3v) is 4.06. The van der Waals surface area contributed by atoms with Gasteiger partial charge in [-0.2, -0.15) is 16.8 Å². The Bertz CT molecular complexity index is 368. The van der Waals surface area contributed by atoms with E-state index in [9.17, 15) is 16.8 Å². The molecule has 1 atom stereocenters. The highest BCUT2D eigenvalue weighted by atomic mass is 32.2. The van der Waals surface area contributed by atoms with Gasteiger partial charge in [-0.05, 0) is 12.8 Å². The van der Waals surface area contributed by atoms with Crippen molar-refractivity contribution in [1.82, 2.24) is 0 Å². The number of rotatable bonds is 7. The van der Waals surface area contributed by atoms with Gasteiger partial charge in [-0.15, -0.1) is 0 Å². The Balaban J connectivity index is 4.40. The van der Waals surface area contributed by atoms with Gasteiger partial charge in [-0.25, -0.2) is 0 Å². The van der Waals surface area contributed by atoms with Crippen LogP contribution < -0.4 is 0 Å². The van der Waals surface area contributed by atoms with E-state index in [4.69, 9.17) is 9.11 Å². The zero-order chi connectivity index (χ0) is 12.1. The molecule has 0 bridgehead atoms. The highest BCUT2D eigenvalue weighted by Gasteiger charge is 2.24. The topological polar surface area (TPSA) is 109 Å². The molecule has 0 heterocycles. The Morgan fingerprint density at radius 2 is 1.60 bits per heavy atom. The normalized spacial score (nSPS) is 15.1. The second kappa shape index (κ2) is 5.78. The first-order chi connectivity index (χ1) is 6.67. The molecular weight excluding hydrogens is 244 g/mol. The molecule has 8 heteroatoms. The van der Waals surface area contributed by atoms with Crippen molar-refractivity contribution in [3.63, 3.8) is 0 Å². The molecule has 2 N–H and O–H groups in total. The molecule has 0 aromatic carbocycles. The van der Waals surface area contributed by atoms with Crippen molar-refractivity contribution in [2.45, 2.75) is 37.9 Å². The Morgan fingerprint density at radius 3 is 1.93 bits per heavy atom. The highest BCUT2D eigenvalue weighted by Crippen LogP contribution is 2.13. The monoisotopic (exact) mass is 260 g/mol. The van der Waals surface area contributed by atoms with E-state index in [1.807, 2.05) is 6.92 Å². The second-order valence-electron chi connectivity index (χ2n) is 3.35. The average Bonchev–Trinajstić information content (AvgIpc) is 1.99. The lowest BCUT2D eigenvalue weighted by Gasteiger charge is -2.11. The van der Waals surface area contributed by atoms with Gasteiger partial charge in [0.15, 0.2) is 0 Å². The molecule has 0 aromatic rings. The molecule has 0 aromatic heterocycles. The summed E-state index contributed by atoms with van der Waals surface area (Å²) in [7, 11) is -8.42. The third-order valence-electron chi connectivity index (χ3n) is 2.00. The zero-order valence-corrected chi connectivity index (χ0v) is 10.1. The molecule has 1 unspecified atom stereocenters. The maximum absolute atomic E-state index is 10.8. The van der Waals surface area contributed by atoms with E-state index < -0.39 is 31.2 Å². The SMILES string of the molecule is CCCCC(CCS(=O)(=O)O)S(=O)(=O)O. The molecule has 0 saturated carbocycles. The van der Waals surface area contributed by atoms with Gasteiger partial charge in [0.05, 0.1) is 11.0 Å². The summed E-state index contributed by atoms with van der Waals surface area (Å²) < 4.78 is 59.7. The molecule has 0 fully saturated rings. The van der Waals surface area contributed by atoms with Crippen molar-refractivity contribution < 1.29 is 25.9 Å². The van der Waals surface area contributed by atoms with Crippen molar-refractivity contribution >= 4 is 20.2 Å². The molecule has 15 heavy (non-hydrogen) atoms. The van der Waals surface area contributed by atoms with E-state index >= 15 is 0 Å². The Morgan fingerprint density at radius 1 is 1.07 bits per heavy atom. The molecule has 0 aliphatic heterocycles. The van der Waals surface area contributed by atoms with Crippen molar-refractivity contribution in [2.75, 3.05) is 5.75 Å². The van der Waals surface area contributed by atoms with Crippen molar-refractivity contribution in [1.29, 1.82) is 0 Å².